The molecule has 21 heavy (non-hydrogen) atoms. The summed E-state index contributed by atoms with van der Waals surface area (Å²) in [5.41, 5.74) is 0. The summed E-state index contributed by atoms with van der Waals surface area (Å²) < 4.78 is 31.2. The lowest BCUT2D eigenvalue weighted by atomic mass is 10.0. The van der Waals surface area contributed by atoms with Crippen LogP contribution in [0.25, 0.3) is 0 Å². The molecule has 1 aromatic rings. The van der Waals surface area contributed by atoms with E-state index >= 15 is 0 Å². The summed E-state index contributed by atoms with van der Waals surface area (Å²) in [4.78, 5) is 11.0. The van der Waals surface area contributed by atoms with Crippen LogP contribution in [-0.2, 0) is 14.8 Å². The quantitative estimate of drug-likeness (QED) is 0.801. The van der Waals surface area contributed by atoms with Crippen molar-refractivity contribution in [3.8, 4) is 5.75 Å². The number of sulfonamides is 1. The first-order valence-electron chi connectivity index (χ1n) is 6.41. The van der Waals surface area contributed by atoms with E-state index in [1.54, 1.807) is 0 Å². The molecule has 8 heteroatoms. The standard InChI is InChI=1S/C13H16ClNO5S/c1-20-12-5-4-10(7-11(12)14)21(18,19)15-6-2-3-9(8-15)13(16)17/h4-5,7,9H,2-3,6,8H2,1H3,(H,16,17)/p-1/t9-/m0/s1. The molecule has 1 aromatic carbocycles. The van der Waals surface area contributed by atoms with Crippen molar-refractivity contribution in [3.63, 3.8) is 0 Å². The van der Waals surface area contributed by atoms with Crippen molar-refractivity contribution in [1.82, 2.24) is 4.31 Å². The molecule has 1 aliphatic heterocycles. The maximum Gasteiger partial charge on any atom is 0.243 e. The number of halogens is 1. The van der Waals surface area contributed by atoms with Crippen LogP contribution in [0.15, 0.2) is 23.1 Å². The summed E-state index contributed by atoms with van der Waals surface area (Å²) in [6, 6.07) is 4.16. The Morgan fingerprint density at radius 2 is 2.19 bits per heavy atom. The van der Waals surface area contributed by atoms with Crippen LogP contribution in [0.2, 0.25) is 5.02 Å². The topological polar surface area (TPSA) is 86.7 Å². The molecule has 1 aliphatic rings. The molecule has 1 fully saturated rings. The van der Waals surface area contributed by atoms with Crippen LogP contribution in [-0.4, -0.2) is 38.9 Å². The highest BCUT2D eigenvalue weighted by atomic mass is 35.5. The highest BCUT2D eigenvalue weighted by Crippen LogP contribution is 2.30. The number of carboxylic acids is 1. The van der Waals surface area contributed by atoms with Gasteiger partial charge in [-0.2, -0.15) is 4.31 Å². The minimum atomic E-state index is -3.77. The molecule has 1 atom stereocenters. The lowest BCUT2D eigenvalue weighted by Gasteiger charge is -2.32. The van der Waals surface area contributed by atoms with E-state index in [1.165, 1.54) is 25.3 Å². The fraction of sp³-hybridized carbons (Fsp3) is 0.462. The number of ether oxygens (including phenoxy) is 1. The number of rotatable bonds is 4. The first-order chi connectivity index (χ1) is 9.86. The summed E-state index contributed by atoms with van der Waals surface area (Å²) in [6.07, 6.45) is 0.916. The second kappa shape index (κ2) is 6.21. The number of benzene rings is 1. The molecule has 0 aromatic heterocycles. The van der Waals surface area contributed by atoms with E-state index < -0.39 is 21.9 Å². The van der Waals surface area contributed by atoms with Gasteiger partial charge in [0.05, 0.1) is 17.0 Å². The minimum absolute atomic E-state index is 0.0206. The lowest BCUT2D eigenvalue weighted by Crippen LogP contribution is -2.46. The van der Waals surface area contributed by atoms with E-state index in [-0.39, 0.29) is 23.0 Å². The van der Waals surface area contributed by atoms with Crippen LogP contribution in [0.5, 0.6) is 5.75 Å². The van der Waals surface area contributed by atoms with Gasteiger partial charge in [0.1, 0.15) is 5.75 Å². The van der Waals surface area contributed by atoms with Gasteiger partial charge in [-0.15, -0.1) is 0 Å². The highest BCUT2D eigenvalue weighted by Gasteiger charge is 2.31. The second-order valence-corrected chi connectivity index (χ2v) is 7.16. The van der Waals surface area contributed by atoms with Crippen molar-refractivity contribution in [3.05, 3.63) is 23.2 Å². The number of aliphatic carboxylic acids is 1. The Morgan fingerprint density at radius 1 is 1.48 bits per heavy atom. The van der Waals surface area contributed by atoms with Gasteiger partial charge in [-0.05, 0) is 31.0 Å². The number of carboxylic acid groups (broad SMARTS) is 1. The molecular formula is C13H15ClNO5S-. The van der Waals surface area contributed by atoms with Crippen molar-refractivity contribution < 1.29 is 23.1 Å². The Balaban J connectivity index is 2.29. The van der Waals surface area contributed by atoms with Gasteiger partial charge in [-0.1, -0.05) is 11.6 Å². The number of piperidine rings is 1. The number of methoxy groups -OCH3 is 1. The Hall–Kier alpha value is -1.31. The van der Waals surface area contributed by atoms with Gasteiger partial charge in [0.2, 0.25) is 10.0 Å². The Bertz CT molecular complexity index is 646. The minimum Gasteiger partial charge on any atom is -0.550 e. The van der Waals surface area contributed by atoms with Gasteiger partial charge in [-0.3, -0.25) is 0 Å². The summed E-state index contributed by atoms with van der Waals surface area (Å²) in [5, 5.41) is 11.1. The molecule has 0 saturated carbocycles. The molecule has 1 heterocycles. The van der Waals surface area contributed by atoms with Gasteiger partial charge >= 0.3 is 0 Å². The lowest BCUT2D eigenvalue weighted by molar-refractivity contribution is -0.312. The first kappa shape index (κ1) is 16.1. The van der Waals surface area contributed by atoms with E-state index in [0.29, 0.717) is 18.6 Å². The van der Waals surface area contributed by atoms with Gasteiger partial charge in [0, 0.05) is 25.0 Å². The van der Waals surface area contributed by atoms with E-state index in [1.807, 2.05) is 0 Å². The van der Waals surface area contributed by atoms with Crippen molar-refractivity contribution in [1.29, 1.82) is 0 Å². The molecule has 116 valence electrons. The molecule has 0 radical (unpaired) electrons. The zero-order valence-corrected chi connectivity index (χ0v) is 13.0. The summed E-state index contributed by atoms with van der Waals surface area (Å²) >= 11 is 5.94. The maximum atomic E-state index is 12.5. The molecule has 0 unspecified atom stereocenters. The van der Waals surface area contributed by atoms with E-state index in [9.17, 15) is 18.3 Å². The van der Waals surface area contributed by atoms with E-state index in [2.05, 4.69) is 0 Å². The number of hydrogen-bond acceptors (Lipinski definition) is 5. The highest BCUT2D eigenvalue weighted by molar-refractivity contribution is 7.89. The molecule has 0 bridgehead atoms. The van der Waals surface area contributed by atoms with Gasteiger partial charge in [0.15, 0.2) is 0 Å². The van der Waals surface area contributed by atoms with Gasteiger partial charge in [-0.25, -0.2) is 8.42 Å². The van der Waals surface area contributed by atoms with Crippen molar-refractivity contribution >= 4 is 27.6 Å². The van der Waals surface area contributed by atoms with Crippen LogP contribution >= 0.6 is 11.6 Å². The van der Waals surface area contributed by atoms with Crippen LogP contribution in [0.1, 0.15) is 12.8 Å². The Labute approximate surface area is 128 Å². The summed E-state index contributed by atoms with van der Waals surface area (Å²) in [7, 11) is -2.34. The third-order valence-electron chi connectivity index (χ3n) is 3.48. The Morgan fingerprint density at radius 3 is 2.76 bits per heavy atom. The third kappa shape index (κ3) is 3.30. The first-order valence-corrected chi connectivity index (χ1v) is 8.22. The number of nitrogens with zero attached hydrogens (tertiary/aromatic N) is 1. The average molecular weight is 333 g/mol. The molecule has 6 nitrogen and oxygen atoms in total. The van der Waals surface area contributed by atoms with Crippen LogP contribution in [0.3, 0.4) is 0 Å². The van der Waals surface area contributed by atoms with Crippen LogP contribution in [0.4, 0.5) is 0 Å². The second-order valence-electron chi connectivity index (χ2n) is 4.82. The van der Waals surface area contributed by atoms with Gasteiger partial charge in [0.25, 0.3) is 0 Å². The largest absolute Gasteiger partial charge is 0.550 e. The Kier molecular flexibility index (Phi) is 4.75. The van der Waals surface area contributed by atoms with Crippen molar-refractivity contribution in [2.75, 3.05) is 20.2 Å². The van der Waals surface area contributed by atoms with Crippen LogP contribution in [0, 0.1) is 5.92 Å². The predicted molar refractivity (Wildman–Crippen MR) is 74.5 cm³/mol. The predicted octanol–water partition coefficient (Wildman–Crippen LogP) is 0.499. The smallest absolute Gasteiger partial charge is 0.243 e. The maximum absolute atomic E-state index is 12.5. The summed E-state index contributed by atoms with van der Waals surface area (Å²) in [5.74, 6) is -1.62. The van der Waals surface area contributed by atoms with E-state index in [0.717, 1.165) is 4.31 Å². The molecule has 0 N–H and O–H groups in total. The third-order valence-corrected chi connectivity index (χ3v) is 5.63. The average Bonchev–Trinajstić information content (AvgIpc) is 2.47. The molecule has 0 aliphatic carbocycles. The zero-order chi connectivity index (χ0) is 15.6. The molecule has 0 spiro atoms. The number of carbonyl (C=O) groups excluding carboxylic acids is 1. The summed E-state index contributed by atoms with van der Waals surface area (Å²) in [6.45, 7) is 0.212. The van der Waals surface area contributed by atoms with Gasteiger partial charge < -0.3 is 14.6 Å². The normalized spacial score (nSPS) is 20.2. The fourth-order valence-corrected chi connectivity index (χ4v) is 4.18. The number of carbonyl (C=O) groups is 1. The monoisotopic (exact) mass is 332 g/mol. The molecule has 2 rings (SSSR count). The van der Waals surface area contributed by atoms with Crippen molar-refractivity contribution in [2.45, 2.75) is 17.7 Å². The zero-order valence-electron chi connectivity index (χ0n) is 11.4. The van der Waals surface area contributed by atoms with Crippen molar-refractivity contribution in [2.24, 2.45) is 5.92 Å². The molecule has 1 saturated heterocycles. The molecule has 0 amide bonds. The van der Waals surface area contributed by atoms with E-state index in [4.69, 9.17) is 16.3 Å². The fourth-order valence-electron chi connectivity index (χ4n) is 2.31. The SMILES string of the molecule is COc1ccc(S(=O)(=O)N2CCC[C@H](C(=O)[O-])C2)cc1Cl. The molecular weight excluding hydrogens is 318 g/mol. The van der Waals surface area contributed by atoms with Crippen LogP contribution < -0.4 is 9.84 Å². The number of hydrogen-bond donors (Lipinski definition) is 0.